The molecule has 0 saturated heterocycles. The number of ketones is 1. The number of rotatable bonds is 3. The minimum atomic E-state index is -0.232. The van der Waals surface area contributed by atoms with Crippen LogP contribution in [0.1, 0.15) is 45.4 Å². The third-order valence-electron chi connectivity index (χ3n) is 5.95. The van der Waals surface area contributed by atoms with Crippen LogP contribution >= 0.6 is 11.6 Å². The summed E-state index contributed by atoms with van der Waals surface area (Å²) in [6, 6.07) is 19.4. The van der Waals surface area contributed by atoms with Gasteiger partial charge in [0, 0.05) is 33.3 Å². The van der Waals surface area contributed by atoms with E-state index in [9.17, 15) is 9.18 Å². The molecule has 2 nitrogen and oxygen atoms in total. The SMILES string of the molecule is O=C(c1ccccc1)c1cc(Cl)cc2c1N[C@@H](c1ccccc1F)[C@H]1CC=C[C@H]21. The molecule has 1 N–H and O–H groups in total. The fraction of sp³-hybridized carbons (Fsp3) is 0.160. The molecular formula is C25H19ClFNO. The highest BCUT2D eigenvalue weighted by atomic mass is 35.5. The molecule has 2 aliphatic rings. The maximum Gasteiger partial charge on any atom is 0.195 e. The summed E-state index contributed by atoms with van der Waals surface area (Å²) in [4.78, 5) is 13.3. The number of hydrogen-bond acceptors (Lipinski definition) is 2. The van der Waals surface area contributed by atoms with Crippen LogP contribution in [-0.4, -0.2) is 5.78 Å². The average Bonchev–Trinajstić information content (AvgIpc) is 3.24. The number of hydrogen-bond donors (Lipinski definition) is 1. The molecule has 3 aromatic carbocycles. The first-order valence-corrected chi connectivity index (χ1v) is 10.1. The molecule has 29 heavy (non-hydrogen) atoms. The van der Waals surface area contributed by atoms with Crippen LogP contribution in [0.5, 0.6) is 0 Å². The van der Waals surface area contributed by atoms with Crippen molar-refractivity contribution in [2.45, 2.75) is 18.4 Å². The van der Waals surface area contributed by atoms with E-state index in [1.165, 1.54) is 6.07 Å². The molecule has 1 heterocycles. The maximum atomic E-state index is 14.6. The van der Waals surface area contributed by atoms with Gasteiger partial charge in [-0.3, -0.25) is 4.79 Å². The lowest BCUT2D eigenvalue weighted by Crippen LogP contribution is -2.31. The molecular weight excluding hydrogens is 385 g/mol. The highest BCUT2D eigenvalue weighted by Crippen LogP contribution is 2.51. The Balaban J connectivity index is 1.67. The maximum absolute atomic E-state index is 14.6. The largest absolute Gasteiger partial charge is 0.377 e. The van der Waals surface area contributed by atoms with Crippen LogP contribution in [0.25, 0.3) is 0 Å². The Labute approximate surface area is 174 Å². The normalized spacial score (nSPS) is 21.9. The van der Waals surface area contributed by atoms with Crippen molar-refractivity contribution in [3.05, 3.63) is 112 Å². The molecule has 0 spiro atoms. The summed E-state index contributed by atoms with van der Waals surface area (Å²) >= 11 is 6.42. The van der Waals surface area contributed by atoms with E-state index in [4.69, 9.17) is 11.6 Å². The molecule has 5 rings (SSSR count). The number of benzene rings is 3. The Hall–Kier alpha value is -2.91. The fourth-order valence-corrected chi connectivity index (χ4v) is 4.85. The Bertz CT molecular complexity index is 1120. The molecule has 144 valence electrons. The molecule has 0 fully saturated rings. The lowest BCUT2D eigenvalue weighted by Gasteiger charge is -2.38. The van der Waals surface area contributed by atoms with Gasteiger partial charge in [-0.25, -0.2) is 4.39 Å². The summed E-state index contributed by atoms with van der Waals surface area (Å²) < 4.78 is 14.6. The van der Waals surface area contributed by atoms with Crippen molar-refractivity contribution >= 4 is 23.1 Å². The Morgan fingerprint density at radius 1 is 1.00 bits per heavy atom. The van der Waals surface area contributed by atoms with Crippen molar-refractivity contribution in [3.8, 4) is 0 Å². The summed E-state index contributed by atoms with van der Waals surface area (Å²) in [5.41, 5.74) is 3.52. The summed E-state index contributed by atoms with van der Waals surface area (Å²) in [5, 5.41) is 4.05. The number of halogens is 2. The third kappa shape index (κ3) is 3.06. The highest BCUT2D eigenvalue weighted by Gasteiger charge is 2.40. The van der Waals surface area contributed by atoms with Gasteiger partial charge in [0.2, 0.25) is 0 Å². The van der Waals surface area contributed by atoms with E-state index in [0.29, 0.717) is 21.7 Å². The molecule has 3 atom stereocenters. The molecule has 4 heteroatoms. The zero-order valence-electron chi connectivity index (χ0n) is 15.6. The van der Waals surface area contributed by atoms with E-state index in [0.717, 1.165) is 17.7 Å². The second-order valence-electron chi connectivity index (χ2n) is 7.61. The predicted molar refractivity (Wildman–Crippen MR) is 114 cm³/mol. The minimum absolute atomic E-state index is 0.0930. The lowest BCUT2D eigenvalue weighted by molar-refractivity contribution is 0.103. The van der Waals surface area contributed by atoms with Crippen LogP contribution in [-0.2, 0) is 0 Å². The Kier molecular flexibility index (Phi) is 4.48. The van der Waals surface area contributed by atoms with Crippen LogP contribution in [0.2, 0.25) is 5.02 Å². The van der Waals surface area contributed by atoms with Gasteiger partial charge in [0.25, 0.3) is 0 Å². The zero-order valence-corrected chi connectivity index (χ0v) is 16.4. The number of nitrogens with one attached hydrogen (secondary N) is 1. The lowest BCUT2D eigenvalue weighted by atomic mass is 9.75. The topological polar surface area (TPSA) is 29.1 Å². The zero-order chi connectivity index (χ0) is 20.0. The molecule has 0 amide bonds. The number of anilines is 1. The van der Waals surface area contributed by atoms with Crippen molar-refractivity contribution in [3.63, 3.8) is 0 Å². The summed E-state index contributed by atoms with van der Waals surface area (Å²) in [6.45, 7) is 0. The Morgan fingerprint density at radius 2 is 1.76 bits per heavy atom. The van der Waals surface area contributed by atoms with Gasteiger partial charge in [0.15, 0.2) is 5.78 Å². The van der Waals surface area contributed by atoms with Crippen LogP contribution < -0.4 is 5.32 Å². The van der Waals surface area contributed by atoms with Gasteiger partial charge in [-0.15, -0.1) is 0 Å². The van der Waals surface area contributed by atoms with Gasteiger partial charge >= 0.3 is 0 Å². The molecule has 1 aliphatic carbocycles. The molecule has 3 aromatic rings. The molecule has 0 bridgehead atoms. The van der Waals surface area contributed by atoms with Crippen molar-refractivity contribution in [1.29, 1.82) is 0 Å². The second kappa shape index (κ2) is 7.16. The van der Waals surface area contributed by atoms with Gasteiger partial charge in [-0.2, -0.15) is 0 Å². The number of carbonyl (C=O) groups excluding carboxylic acids is 1. The van der Waals surface area contributed by atoms with Crippen molar-refractivity contribution in [1.82, 2.24) is 0 Å². The Morgan fingerprint density at radius 3 is 2.55 bits per heavy atom. The molecule has 0 radical (unpaired) electrons. The first-order valence-electron chi connectivity index (χ1n) is 9.74. The van der Waals surface area contributed by atoms with Crippen molar-refractivity contribution in [2.75, 3.05) is 5.32 Å². The first kappa shape index (κ1) is 18.1. The van der Waals surface area contributed by atoms with Crippen LogP contribution in [0.3, 0.4) is 0 Å². The molecule has 1 aliphatic heterocycles. The standard InChI is InChI=1S/C25H19ClFNO/c26-16-13-20-17-10-6-11-18(17)23(19-9-4-5-12-22(19)27)28-24(20)21(14-16)25(29)15-7-2-1-3-8-15/h1-10,12-14,17-18,23,28H,11H2/t17-,18-,23+/m0/s1. The van der Waals surface area contributed by atoms with Crippen LogP contribution in [0, 0.1) is 11.7 Å². The van der Waals surface area contributed by atoms with Gasteiger partial charge in [-0.05, 0) is 36.1 Å². The minimum Gasteiger partial charge on any atom is -0.377 e. The number of fused-ring (bicyclic) bond motifs is 3. The van der Waals surface area contributed by atoms with Crippen molar-refractivity contribution in [2.24, 2.45) is 5.92 Å². The number of carbonyl (C=O) groups is 1. The van der Waals surface area contributed by atoms with E-state index >= 15 is 0 Å². The summed E-state index contributed by atoms with van der Waals surface area (Å²) in [6.07, 6.45) is 5.15. The fourth-order valence-electron chi connectivity index (χ4n) is 4.62. The molecule has 0 saturated carbocycles. The first-order chi connectivity index (χ1) is 14.1. The smallest absolute Gasteiger partial charge is 0.195 e. The predicted octanol–water partition coefficient (Wildman–Crippen LogP) is 6.54. The van der Waals surface area contributed by atoms with Crippen LogP contribution in [0.15, 0.2) is 78.9 Å². The van der Waals surface area contributed by atoms with Gasteiger partial charge in [0.1, 0.15) is 5.82 Å². The van der Waals surface area contributed by atoms with E-state index in [1.54, 1.807) is 24.3 Å². The number of allylic oxidation sites excluding steroid dienone is 2. The van der Waals surface area contributed by atoms with E-state index in [2.05, 4.69) is 17.5 Å². The summed E-state index contributed by atoms with van der Waals surface area (Å²) in [7, 11) is 0. The second-order valence-corrected chi connectivity index (χ2v) is 8.05. The van der Waals surface area contributed by atoms with Gasteiger partial charge in [0.05, 0.1) is 6.04 Å². The monoisotopic (exact) mass is 403 g/mol. The highest BCUT2D eigenvalue weighted by molar-refractivity contribution is 6.31. The average molecular weight is 404 g/mol. The van der Waals surface area contributed by atoms with E-state index < -0.39 is 0 Å². The molecule has 0 aromatic heterocycles. The molecule has 0 unspecified atom stereocenters. The third-order valence-corrected chi connectivity index (χ3v) is 6.17. The summed E-state index contributed by atoms with van der Waals surface area (Å²) in [5.74, 6) is -0.0528. The van der Waals surface area contributed by atoms with Crippen LogP contribution in [0.4, 0.5) is 10.1 Å². The van der Waals surface area contributed by atoms with Gasteiger partial charge in [-0.1, -0.05) is 72.3 Å². The van der Waals surface area contributed by atoms with Gasteiger partial charge < -0.3 is 5.32 Å². The van der Waals surface area contributed by atoms with Crippen molar-refractivity contribution < 1.29 is 9.18 Å². The quantitative estimate of drug-likeness (QED) is 0.397. The van der Waals surface area contributed by atoms with E-state index in [1.807, 2.05) is 36.4 Å². The van der Waals surface area contributed by atoms with E-state index in [-0.39, 0.29) is 29.5 Å².